The predicted octanol–water partition coefficient (Wildman–Crippen LogP) is 3.66. The highest BCUT2D eigenvalue weighted by molar-refractivity contribution is 7.99. The van der Waals surface area contributed by atoms with E-state index in [0.29, 0.717) is 18.7 Å². The van der Waals surface area contributed by atoms with Gasteiger partial charge in [0.25, 0.3) is 0 Å². The standard InChI is InChI=1S/C22H42N2O6S/c1-15(17(25)28-20(2,3)4)23-12-14-31-13-11-16(18(26)29-21(5,6)7)24-19(27)30-22(8,9)10/h15-16,23H,11-14H2,1-10H3,(H,24,27)/t15-,16?/m1/s1. The Balaban J connectivity index is 4.51. The first-order valence-electron chi connectivity index (χ1n) is 10.7. The molecule has 0 aliphatic rings. The van der Waals surface area contributed by atoms with Gasteiger partial charge in [0, 0.05) is 12.3 Å². The van der Waals surface area contributed by atoms with Gasteiger partial charge >= 0.3 is 18.0 Å². The number of esters is 2. The highest BCUT2D eigenvalue weighted by atomic mass is 32.2. The molecule has 0 rings (SSSR count). The zero-order valence-electron chi connectivity index (χ0n) is 20.8. The maximum Gasteiger partial charge on any atom is 0.408 e. The van der Waals surface area contributed by atoms with Crippen molar-refractivity contribution < 1.29 is 28.6 Å². The summed E-state index contributed by atoms with van der Waals surface area (Å²) >= 11 is 1.61. The van der Waals surface area contributed by atoms with Gasteiger partial charge in [0.2, 0.25) is 0 Å². The van der Waals surface area contributed by atoms with E-state index in [1.54, 1.807) is 60.2 Å². The topological polar surface area (TPSA) is 103 Å². The van der Waals surface area contributed by atoms with Gasteiger partial charge in [-0.05, 0) is 81.4 Å². The van der Waals surface area contributed by atoms with Gasteiger partial charge < -0.3 is 24.8 Å². The van der Waals surface area contributed by atoms with Crippen molar-refractivity contribution in [1.29, 1.82) is 0 Å². The first-order chi connectivity index (χ1) is 13.9. The van der Waals surface area contributed by atoms with Crippen LogP contribution >= 0.6 is 11.8 Å². The lowest BCUT2D eigenvalue weighted by molar-refractivity contribution is -0.158. The van der Waals surface area contributed by atoms with E-state index in [1.165, 1.54) is 0 Å². The van der Waals surface area contributed by atoms with Crippen molar-refractivity contribution in [3.63, 3.8) is 0 Å². The van der Waals surface area contributed by atoms with Crippen molar-refractivity contribution >= 4 is 29.8 Å². The summed E-state index contributed by atoms with van der Waals surface area (Å²) in [5, 5.41) is 5.74. The molecule has 0 aliphatic carbocycles. The first kappa shape index (κ1) is 29.5. The lowest BCUT2D eigenvalue weighted by atomic mass is 10.1. The molecule has 2 atom stereocenters. The van der Waals surface area contributed by atoms with Crippen LogP contribution in [0.4, 0.5) is 4.79 Å². The zero-order valence-corrected chi connectivity index (χ0v) is 21.7. The molecule has 0 aromatic rings. The summed E-state index contributed by atoms with van der Waals surface area (Å²) in [6.07, 6.45) is -0.248. The third kappa shape index (κ3) is 16.8. The molecule has 0 radical (unpaired) electrons. The Morgan fingerprint density at radius 1 is 0.774 bits per heavy atom. The molecule has 0 saturated carbocycles. The van der Waals surface area contributed by atoms with E-state index in [1.807, 2.05) is 20.8 Å². The van der Waals surface area contributed by atoms with Crippen molar-refractivity contribution in [1.82, 2.24) is 10.6 Å². The van der Waals surface area contributed by atoms with Crippen LogP contribution in [0.5, 0.6) is 0 Å². The second-order valence-corrected chi connectivity index (χ2v) is 11.6. The quantitative estimate of drug-likeness (QED) is 0.288. The maximum atomic E-state index is 12.5. The van der Waals surface area contributed by atoms with Gasteiger partial charge in [-0.2, -0.15) is 11.8 Å². The number of alkyl carbamates (subject to hydrolysis) is 1. The zero-order chi connectivity index (χ0) is 24.5. The van der Waals surface area contributed by atoms with E-state index >= 15 is 0 Å². The predicted molar refractivity (Wildman–Crippen MR) is 124 cm³/mol. The third-order valence-corrected chi connectivity index (χ3v) is 4.41. The van der Waals surface area contributed by atoms with Crippen molar-refractivity contribution in [2.45, 2.75) is 105 Å². The summed E-state index contributed by atoms with van der Waals surface area (Å²) in [4.78, 5) is 36.6. The van der Waals surface area contributed by atoms with Crippen molar-refractivity contribution in [2.24, 2.45) is 0 Å². The molecule has 1 unspecified atom stereocenters. The van der Waals surface area contributed by atoms with E-state index in [0.717, 1.165) is 5.75 Å². The Bertz CT molecular complexity index is 590. The molecular weight excluding hydrogens is 420 g/mol. The van der Waals surface area contributed by atoms with E-state index in [2.05, 4.69) is 10.6 Å². The fourth-order valence-electron chi connectivity index (χ4n) is 2.20. The molecule has 0 aliphatic heterocycles. The summed E-state index contributed by atoms with van der Waals surface area (Å²) in [7, 11) is 0. The Kier molecular flexibility index (Phi) is 11.9. The van der Waals surface area contributed by atoms with Gasteiger partial charge in [-0.25, -0.2) is 9.59 Å². The average molecular weight is 463 g/mol. The third-order valence-electron chi connectivity index (χ3n) is 3.39. The van der Waals surface area contributed by atoms with Crippen LogP contribution in [0.1, 0.15) is 75.7 Å². The number of carbonyl (C=O) groups is 3. The summed E-state index contributed by atoms with van der Waals surface area (Å²) < 4.78 is 16.0. The Labute approximate surface area is 191 Å². The number of hydrogen-bond acceptors (Lipinski definition) is 8. The number of carbonyl (C=O) groups excluding carboxylic acids is 3. The first-order valence-corrected chi connectivity index (χ1v) is 11.8. The SMILES string of the molecule is C[C@@H](NCCSCCC(NC(=O)OC(C)(C)C)C(=O)OC(C)(C)C)C(=O)OC(C)(C)C. The van der Waals surface area contributed by atoms with Gasteiger partial charge in [0.1, 0.15) is 28.9 Å². The average Bonchev–Trinajstić information content (AvgIpc) is 2.51. The minimum Gasteiger partial charge on any atom is -0.459 e. The Hall–Kier alpha value is -1.48. The minimum absolute atomic E-state index is 0.288. The van der Waals surface area contributed by atoms with Crippen LogP contribution in [0.15, 0.2) is 0 Å². The maximum absolute atomic E-state index is 12.5. The van der Waals surface area contributed by atoms with Crippen LogP contribution in [0, 0.1) is 0 Å². The van der Waals surface area contributed by atoms with Gasteiger partial charge in [0.05, 0.1) is 0 Å². The lowest BCUT2D eigenvalue weighted by Gasteiger charge is -2.26. The fraction of sp³-hybridized carbons (Fsp3) is 0.864. The molecule has 1 amide bonds. The number of hydrogen-bond donors (Lipinski definition) is 2. The molecule has 9 heteroatoms. The number of amides is 1. The number of ether oxygens (including phenoxy) is 3. The van der Waals surface area contributed by atoms with Gasteiger partial charge in [-0.1, -0.05) is 0 Å². The minimum atomic E-state index is -0.796. The summed E-state index contributed by atoms with van der Waals surface area (Å²) in [5.74, 6) is 0.586. The lowest BCUT2D eigenvalue weighted by Crippen LogP contribution is -2.46. The van der Waals surface area contributed by atoms with Crippen LogP contribution in [-0.2, 0) is 23.8 Å². The molecule has 0 saturated heterocycles. The number of nitrogens with one attached hydrogen (secondary N) is 2. The highest BCUT2D eigenvalue weighted by Crippen LogP contribution is 2.14. The van der Waals surface area contributed by atoms with Crippen molar-refractivity contribution in [3.8, 4) is 0 Å². The molecule has 0 spiro atoms. The van der Waals surface area contributed by atoms with E-state index in [9.17, 15) is 14.4 Å². The van der Waals surface area contributed by atoms with Crippen LogP contribution in [0.25, 0.3) is 0 Å². The number of thioether (sulfide) groups is 1. The molecule has 0 heterocycles. The molecule has 0 bridgehead atoms. The molecule has 8 nitrogen and oxygen atoms in total. The van der Waals surface area contributed by atoms with Crippen molar-refractivity contribution in [2.75, 3.05) is 18.1 Å². The van der Waals surface area contributed by atoms with Crippen molar-refractivity contribution in [3.05, 3.63) is 0 Å². The molecule has 182 valence electrons. The van der Waals surface area contributed by atoms with Gasteiger partial charge in [0.15, 0.2) is 0 Å². The van der Waals surface area contributed by atoms with Crippen LogP contribution < -0.4 is 10.6 Å². The number of rotatable bonds is 10. The summed E-state index contributed by atoms with van der Waals surface area (Å²) in [5.41, 5.74) is -1.83. The van der Waals surface area contributed by atoms with E-state index < -0.39 is 40.9 Å². The highest BCUT2D eigenvalue weighted by Gasteiger charge is 2.28. The van der Waals surface area contributed by atoms with E-state index in [-0.39, 0.29) is 5.97 Å². The Morgan fingerprint density at radius 3 is 1.74 bits per heavy atom. The molecule has 0 aromatic heterocycles. The molecule has 0 fully saturated rings. The van der Waals surface area contributed by atoms with Crippen LogP contribution in [0.2, 0.25) is 0 Å². The monoisotopic (exact) mass is 462 g/mol. The smallest absolute Gasteiger partial charge is 0.408 e. The molecule has 31 heavy (non-hydrogen) atoms. The second kappa shape index (κ2) is 12.5. The second-order valence-electron chi connectivity index (χ2n) is 10.3. The normalized spacial score (nSPS) is 14.4. The molecule has 2 N–H and O–H groups in total. The van der Waals surface area contributed by atoms with Crippen LogP contribution in [-0.4, -0.2) is 65.0 Å². The van der Waals surface area contributed by atoms with Gasteiger partial charge in [-0.3, -0.25) is 4.79 Å². The van der Waals surface area contributed by atoms with Crippen LogP contribution in [0.3, 0.4) is 0 Å². The van der Waals surface area contributed by atoms with E-state index in [4.69, 9.17) is 14.2 Å². The molecule has 0 aromatic carbocycles. The van der Waals surface area contributed by atoms with Gasteiger partial charge in [-0.15, -0.1) is 0 Å². The molecular formula is C22H42N2O6S. The fourth-order valence-corrected chi connectivity index (χ4v) is 3.06. The summed E-state index contributed by atoms with van der Waals surface area (Å²) in [6, 6.07) is -1.20. The largest absolute Gasteiger partial charge is 0.459 e. The summed E-state index contributed by atoms with van der Waals surface area (Å²) in [6.45, 7) is 18.5. The Morgan fingerprint density at radius 2 is 1.26 bits per heavy atom.